The van der Waals surface area contributed by atoms with Crippen molar-refractivity contribution in [1.29, 1.82) is 0 Å². The molecule has 1 rings (SSSR count). The van der Waals surface area contributed by atoms with Gasteiger partial charge >= 0.3 is 5.91 Å². The maximum Gasteiger partial charge on any atom is 0.425 e. The first-order valence-electron chi connectivity index (χ1n) is 3.52. The van der Waals surface area contributed by atoms with Gasteiger partial charge in [-0.25, -0.2) is 4.79 Å². The highest BCUT2D eigenvalue weighted by Crippen LogP contribution is 2.12. The van der Waals surface area contributed by atoms with Crippen LogP contribution in [0.4, 0.5) is 0 Å². The van der Waals surface area contributed by atoms with Crippen LogP contribution in [0, 0.1) is 5.41 Å². The molecule has 0 radical (unpaired) electrons. The molecule has 12 heavy (non-hydrogen) atoms. The number of aromatic nitrogens is 2. The predicted octanol–water partition coefficient (Wildman–Crippen LogP) is 0.554. The van der Waals surface area contributed by atoms with Gasteiger partial charge in [0.15, 0.2) is 0 Å². The van der Waals surface area contributed by atoms with E-state index in [4.69, 9.17) is 0 Å². The number of hydrogen-bond donors (Lipinski definition) is 0. The highest BCUT2D eigenvalue weighted by molar-refractivity contribution is 7.58. The summed E-state index contributed by atoms with van der Waals surface area (Å²) in [5.74, 6) is -0.137. The molecule has 0 saturated carbocycles. The number of rotatable bonds is 0. The van der Waals surface area contributed by atoms with Crippen LogP contribution in [0.15, 0.2) is 15.8 Å². The molecule has 1 aromatic heterocycles. The average molecular weight is 186 g/mol. The summed E-state index contributed by atoms with van der Waals surface area (Å²) in [6.45, 7) is 5.42. The maximum absolute atomic E-state index is 11.5. The largest absolute Gasteiger partial charge is 0.733 e. The van der Waals surface area contributed by atoms with Crippen molar-refractivity contribution in [3.05, 3.63) is 6.20 Å². The fraction of sp³-hybridized carbons (Fsp3) is 0.571. The minimum Gasteiger partial charge on any atom is -0.733 e. The first-order chi connectivity index (χ1) is 5.41. The molecule has 66 valence electrons. The molecule has 0 bridgehead atoms. The normalized spacial score (nSPS) is 11.6. The molecule has 0 aromatic carbocycles. The van der Waals surface area contributed by atoms with Crippen molar-refractivity contribution in [3.63, 3.8) is 0 Å². The van der Waals surface area contributed by atoms with Crippen LogP contribution in [0.25, 0.3) is 0 Å². The Labute approximate surface area is 75.9 Å². The summed E-state index contributed by atoms with van der Waals surface area (Å²) in [7, 11) is 0. The van der Waals surface area contributed by atoms with Gasteiger partial charge in [0.1, 0.15) is 0 Å². The molecule has 1 heterocycles. The molecule has 4 nitrogen and oxygen atoms in total. The monoisotopic (exact) mass is 186 g/mol. The van der Waals surface area contributed by atoms with Crippen LogP contribution in [0.5, 0.6) is 0 Å². The summed E-state index contributed by atoms with van der Waals surface area (Å²) < 4.78 is 5.72. The Hall–Kier alpha value is -0.970. The Kier molecular flexibility index (Phi) is 2.14. The van der Waals surface area contributed by atoms with E-state index in [-0.39, 0.29) is 11.0 Å². The second-order valence-corrected chi connectivity index (χ2v) is 3.92. The lowest BCUT2D eigenvalue weighted by atomic mass is 9.96. The van der Waals surface area contributed by atoms with Crippen LogP contribution in [-0.4, -0.2) is 11.2 Å². The molecule has 0 aliphatic carbocycles. The van der Waals surface area contributed by atoms with Gasteiger partial charge in [-0.3, -0.25) is 0 Å². The molecular weight excluding hydrogens is 176 g/mol. The zero-order valence-corrected chi connectivity index (χ0v) is 8.01. The summed E-state index contributed by atoms with van der Waals surface area (Å²) >= 11 is 4.67. The Balaban J connectivity index is 2.93. The standard InChI is InChI=1S/C7H10N2O2S/c1-7(2,3)6(10)9-4-5(12)11-8-9/h4H,1-3H3. The first-order valence-corrected chi connectivity index (χ1v) is 3.92. The van der Waals surface area contributed by atoms with Crippen molar-refractivity contribution in [2.45, 2.75) is 25.9 Å². The molecule has 0 fully saturated rings. The Morgan fingerprint density at radius 3 is 2.58 bits per heavy atom. The molecule has 0 aliphatic heterocycles. The third-order valence-electron chi connectivity index (χ3n) is 1.30. The molecule has 0 amide bonds. The van der Waals surface area contributed by atoms with Crippen LogP contribution < -0.4 is 4.68 Å². The van der Waals surface area contributed by atoms with E-state index < -0.39 is 5.41 Å². The molecule has 0 spiro atoms. The number of carbonyl (C=O) groups is 1. The summed E-state index contributed by atoms with van der Waals surface area (Å²) in [6.07, 6.45) is 1.39. The molecule has 0 unspecified atom stereocenters. The lowest BCUT2D eigenvalue weighted by Gasteiger charge is -2.06. The van der Waals surface area contributed by atoms with Gasteiger partial charge in [0.2, 0.25) is 11.5 Å². The van der Waals surface area contributed by atoms with Crippen molar-refractivity contribution in [2.75, 3.05) is 0 Å². The number of carbonyl (C=O) groups excluding carboxylic acids is 1. The molecule has 1 aromatic rings. The van der Waals surface area contributed by atoms with Gasteiger partial charge in [-0.1, -0.05) is 0 Å². The lowest BCUT2D eigenvalue weighted by Crippen LogP contribution is -2.50. The van der Waals surface area contributed by atoms with Crippen molar-refractivity contribution >= 4 is 18.5 Å². The molecule has 5 heteroatoms. The Bertz CT molecular complexity index is 301. The molecule has 0 atom stereocenters. The van der Waals surface area contributed by atoms with Crippen LogP contribution in [0.3, 0.4) is 0 Å². The highest BCUT2D eigenvalue weighted by atomic mass is 32.1. The van der Waals surface area contributed by atoms with E-state index in [0.717, 1.165) is 4.68 Å². The van der Waals surface area contributed by atoms with Gasteiger partial charge in [-0.05, 0) is 20.8 Å². The SMILES string of the molecule is CC(C)(C)C(=O)[n+]1cc([S-])on1. The van der Waals surface area contributed by atoms with E-state index in [0.29, 0.717) is 0 Å². The first kappa shape index (κ1) is 9.12. The smallest absolute Gasteiger partial charge is 0.425 e. The quantitative estimate of drug-likeness (QED) is 0.438. The second-order valence-electron chi connectivity index (χ2n) is 3.52. The molecule has 0 aliphatic rings. The van der Waals surface area contributed by atoms with E-state index >= 15 is 0 Å². The minimum absolute atomic E-state index is 0.137. The van der Waals surface area contributed by atoms with E-state index in [1.165, 1.54) is 6.20 Å². The molecule has 0 saturated heterocycles. The van der Waals surface area contributed by atoms with Crippen molar-refractivity contribution in [2.24, 2.45) is 5.41 Å². The third-order valence-corrected chi connectivity index (χ3v) is 1.48. The van der Waals surface area contributed by atoms with Crippen LogP contribution in [0.1, 0.15) is 25.6 Å². The summed E-state index contributed by atoms with van der Waals surface area (Å²) in [6, 6.07) is 0. The number of nitrogens with zero attached hydrogens (tertiary/aromatic N) is 2. The van der Waals surface area contributed by atoms with Gasteiger partial charge in [-0.2, -0.15) is 0 Å². The maximum atomic E-state index is 11.5. The van der Waals surface area contributed by atoms with Gasteiger partial charge < -0.3 is 17.2 Å². The summed E-state index contributed by atoms with van der Waals surface area (Å²) in [4.78, 5) is 11.5. The van der Waals surface area contributed by atoms with Crippen molar-refractivity contribution in [3.8, 4) is 0 Å². The highest BCUT2D eigenvalue weighted by Gasteiger charge is 2.33. The lowest BCUT2D eigenvalue weighted by molar-refractivity contribution is -0.653. The Morgan fingerprint density at radius 1 is 1.67 bits per heavy atom. The van der Waals surface area contributed by atoms with E-state index in [2.05, 4.69) is 22.4 Å². The Morgan fingerprint density at radius 2 is 2.25 bits per heavy atom. The second kappa shape index (κ2) is 2.82. The summed E-state index contributed by atoms with van der Waals surface area (Å²) in [5, 5.41) is 3.69. The molecule has 0 N–H and O–H groups in total. The van der Waals surface area contributed by atoms with Crippen molar-refractivity contribution < 1.29 is 14.0 Å². The molecular formula is C7H10N2O2S. The van der Waals surface area contributed by atoms with Gasteiger partial charge in [0, 0.05) is 4.68 Å². The average Bonchev–Trinajstić information content (AvgIpc) is 2.32. The van der Waals surface area contributed by atoms with Crippen LogP contribution >= 0.6 is 0 Å². The minimum atomic E-state index is -0.469. The third kappa shape index (κ3) is 1.79. The van der Waals surface area contributed by atoms with Crippen LogP contribution in [-0.2, 0) is 12.6 Å². The zero-order valence-electron chi connectivity index (χ0n) is 7.20. The van der Waals surface area contributed by atoms with Gasteiger partial charge in [0.25, 0.3) is 0 Å². The van der Waals surface area contributed by atoms with E-state index in [1.54, 1.807) is 20.8 Å². The van der Waals surface area contributed by atoms with Gasteiger partial charge in [-0.15, -0.1) is 0 Å². The number of hydrogen-bond acceptors (Lipinski definition) is 4. The predicted molar refractivity (Wildman–Crippen MR) is 42.4 cm³/mol. The van der Waals surface area contributed by atoms with Gasteiger partial charge in [0.05, 0.1) is 10.5 Å². The fourth-order valence-electron chi connectivity index (χ4n) is 0.671. The summed E-state index contributed by atoms with van der Waals surface area (Å²) in [5.41, 5.74) is -0.469. The van der Waals surface area contributed by atoms with E-state index in [1.807, 2.05) is 0 Å². The topological polar surface area (TPSA) is 47.0 Å². The fourth-order valence-corrected chi connectivity index (χ4v) is 0.804. The van der Waals surface area contributed by atoms with E-state index in [9.17, 15) is 4.79 Å². The van der Waals surface area contributed by atoms with Crippen LogP contribution in [0.2, 0.25) is 0 Å². The van der Waals surface area contributed by atoms with Crippen molar-refractivity contribution in [1.82, 2.24) is 5.27 Å². The zero-order chi connectivity index (χ0) is 9.35.